The number of anilines is 1. The summed E-state index contributed by atoms with van der Waals surface area (Å²) in [7, 11) is 0. The molecule has 0 spiro atoms. The molecule has 1 aromatic rings. The van der Waals surface area contributed by atoms with Crippen molar-refractivity contribution in [1.82, 2.24) is 5.32 Å². The average Bonchev–Trinajstić information content (AvgIpc) is 2.30. The Morgan fingerprint density at radius 3 is 2.11 bits per heavy atom. The lowest BCUT2D eigenvalue weighted by molar-refractivity contribution is -0.140. The second-order valence-electron chi connectivity index (χ2n) is 4.93. The number of amides is 2. The van der Waals surface area contributed by atoms with Gasteiger partial charge in [0.15, 0.2) is 0 Å². The third-order valence-corrected chi connectivity index (χ3v) is 2.94. The number of hydrogen-bond donors (Lipinski definition) is 3. The fourth-order valence-electron chi connectivity index (χ4n) is 1.82. The van der Waals surface area contributed by atoms with Gasteiger partial charge in [-0.2, -0.15) is 0 Å². The van der Waals surface area contributed by atoms with Gasteiger partial charge in [0, 0.05) is 5.69 Å². The van der Waals surface area contributed by atoms with Crippen molar-refractivity contribution < 1.29 is 14.7 Å². The Hall–Kier alpha value is -2.04. The zero-order valence-corrected chi connectivity index (χ0v) is 11.7. The highest BCUT2D eigenvalue weighted by Gasteiger charge is 2.23. The van der Waals surface area contributed by atoms with E-state index in [-0.39, 0.29) is 5.92 Å². The number of nitrogens with one attached hydrogen (secondary N) is 2. The number of aliphatic carboxylic acids is 1. The maximum Gasteiger partial charge on any atom is 0.326 e. The van der Waals surface area contributed by atoms with Gasteiger partial charge in [0.2, 0.25) is 0 Å². The van der Waals surface area contributed by atoms with Crippen molar-refractivity contribution in [2.24, 2.45) is 5.92 Å². The van der Waals surface area contributed by atoms with Crippen LogP contribution in [0.2, 0.25) is 0 Å². The highest BCUT2D eigenvalue weighted by Crippen LogP contribution is 2.19. The highest BCUT2D eigenvalue weighted by molar-refractivity contribution is 5.93. The Kier molecular flexibility index (Phi) is 4.92. The van der Waals surface area contributed by atoms with Gasteiger partial charge in [0.1, 0.15) is 6.04 Å². The molecule has 0 aliphatic rings. The maximum absolute atomic E-state index is 11.9. The lowest BCUT2D eigenvalue weighted by Crippen LogP contribution is -2.46. The van der Waals surface area contributed by atoms with Crippen molar-refractivity contribution in [2.45, 2.75) is 33.7 Å². The number of hydrogen-bond acceptors (Lipinski definition) is 2. The molecule has 3 N–H and O–H groups in total. The van der Waals surface area contributed by atoms with E-state index in [9.17, 15) is 9.59 Å². The monoisotopic (exact) mass is 264 g/mol. The van der Waals surface area contributed by atoms with E-state index in [4.69, 9.17) is 5.11 Å². The number of urea groups is 1. The van der Waals surface area contributed by atoms with Gasteiger partial charge >= 0.3 is 12.0 Å². The predicted octanol–water partition coefficient (Wildman–Crippen LogP) is 2.53. The molecule has 19 heavy (non-hydrogen) atoms. The molecular formula is C14H20N2O3. The molecule has 2 amide bonds. The molecule has 0 saturated heterocycles. The Bertz CT molecular complexity index is 463. The third kappa shape index (κ3) is 3.98. The van der Waals surface area contributed by atoms with Crippen LogP contribution in [0.4, 0.5) is 10.5 Å². The van der Waals surface area contributed by atoms with E-state index in [1.807, 2.05) is 32.0 Å². The van der Waals surface area contributed by atoms with Crippen molar-refractivity contribution in [1.29, 1.82) is 0 Å². The van der Waals surface area contributed by atoms with Crippen molar-refractivity contribution in [3.8, 4) is 0 Å². The summed E-state index contributed by atoms with van der Waals surface area (Å²) in [6.07, 6.45) is 0. The minimum absolute atomic E-state index is 0.179. The predicted molar refractivity (Wildman–Crippen MR) is 74.3 cm³/mol. The minimum Gasteiger partial charge on any atom is -0.480 e. The van der Waals surface area contributed by atoms with Crippen molar-refractivity contribution >= 4 is 17.7 Å². The number of para-hydroxylation sites is 1. The van der Waals surface area contributed by atoms with E-state index in [1.165, 1.54) is 0 Å². The summed E-state index contributed by atoms with van der Waals surface area (Å²) in [5.41, 5.74) is 2.59. The van der Waals surface area contributed by atoms with Gasteiger partial charge in [-0.25, -0.2) is 9.59 Å². The molecule has 5 heteroatoms. The van der Waals surface area contributed by atoms with Crippen LogP contribution in [0.15, 0.2) is 18.2 Å². The fourth-order valence-corrected chi connectivity index (χ4v) is 1.82. The summed E-state index contributed by atoms with van der Waals surface area (Å²) < 4.78 is 0. The van der Waals surface area contributed by atoms with Crippen LogP contribution in [0.25, 0.3) is 0 Å². The molecule has 104 valence electrons. The van der Waals surface area contributed by atoms with E-state index in [0.717, 1.165) is 11.1 Å². The molecule has 1 rings (SSSR count). The molecule has 0 aliphatic heterocycles. The van der Waals surface area contributed by atoms with Crippen LogP contribution < -0.4 is 10.6 Å². The van der Waals surface area contributed by atoms with Crippen molar-refractivity contribution in [3.05, 3.63) is 29.3 Å². The van der Waals surface area contributed by atoms with Gasteiger partial charge in [-0.1, -0.05) is 32.0 Å². The normalized spacial score (nSPS) is 12.1. The second-order valence-corrected chi connectivity index (χ2v) is 4.93. The first-order chi connectivity index (χ1) is 8.82. The third-order valence-electron chi connectivity index (χ3n) is 2.94. The summed E-state index contributed by atoms with van der Waals surface area (Å²) in [4.78, 5) is 22.9. The van der Waals surface area contributed by atoms with Crippen LogP contribution >= 0.6 is 0 Å². The van der Waals surface area contributed by atoms with E-state index in [1.54, 1.807) is 13.8 Å². The molecular weight excluding hydrogens is 244 g/mol. The van der Waals surface area contributed by atoms with Crippen LogP contribution in [-0.2, 0) is 4.79 Å². The molecule has 1 atom stereocenters. The van der Waals surface area contributed by atoms with Gasteiger partial charge in [0.05, 0.1) is 0 Å². The molecule has 0 bridgehead atoms. The Balaban J connectivity index is 2.78. The van der Waals surface area contributed by atoms with Gasteiger partial charge in [-0.3, -0.25) is 0 Å². The number of benzene rings is 1. The summed E-state index contributed by atoms with van der Waals surface area (Å²) in [6, 6.07) is 4.28. The summed E-state index contributed by atoms with van der Waals surface area (Å²) in [5.74, 6) is -1.21. The molecule has 5 nitrogen and oxygen atoms in total. The van der Waals surface area contributed by atoms with Gasteiger partial charge in [0.25, 0.3) is 0 Å². The number of carboxylic acid groups (broad SMARTS) is 1. The fraction of sp³-hybridized carbons (Fsp3) is 0.429. The topological polar surface area (TPSA) is 78.4 Å². The van der Waals surface area contributed by atoms with Gasteiger partial charge < -0.3 is 15.7 Å². The van der Waals surface area contributed by atoms with Crippen LogP contribution in [0.3, 0.4) is 0 Å². The molecule has 0 heterocycles. The first kappa shape index (κ1) is 15.0. The first-order valence-electron chi connectivity index (χ1n) is 6.19. The molecule has 0 saturated carbocycles. The number of carbonyl (C=O) groups is 2. The van der Waals surface area contributed by atoms with Gasteiger partial charge in [-0.15, -0.1) is 0 Å². The molecule has 0 radical (unpaired) electrons. The van der Waals surface area contributed by atoms with Crippen molar-refractivity contribution in [3.63, 3.8) is 0 Å². The molecule has 0 fully saturated rings. The lowest BCUT2D eigenvalue weighted by atomic mass is 10.1. The number of aryl methyl sites for hydroxylation is 2. The largest absolute Gasteiger partial charge is 0.480 e. The van der Waals surface area contributed by atoms with Crippen LogP contribution in [0.1, 0.15) is 25.0 Å². The Morgan fingerprint density at radius 1 is 1.16 bits per heavy atom. The van der Waals surface area contributed by atoms with Crippen molar-refractivity contribution in [2.75, 3.05) is 5.32 Å². The van der Waals surface area contributed by atoms with Gasteiger partial charge in [-0.05, 0) is 30.9 Å². The quantitative estimate of drug-likeness (QED) is 0.782. The number of rotatable bonds is 4. The summed E-state index contributed by atoms with van der Waals surface area (Å²) in [5, 5.41) is 14.2. The van der Waals surface area contributed by atoms with E-state index in [2.05, 4.69) is 10.6 Å². The number of carbonyl (C=O) groups excluding carboxylic acids is 1. The van der Waals surface area contributed by atoms with E-state index in [0.29, 0.717) is 5.69 Å². The Labute approximate surface area is 113 Å². The van der Waals surface area contributed by atoms with Crippen LogP contribution in [0.5, 0.6) is 0 Å². The van der Waals surface area contributed by atoms with E-state index >= 15 is 0 Å². The maximum atomic E-state index is 11.9. The van der Waals surface area contributed by atoms with Crippen LogP contribution in [-0.4, -0.2) is 23.1 Å². The standard InChI is InChI=1S/C14H20N2O3/c1-8(2)11(13(17)18)15-14(19)16-12-9(3)6-5-7-10(12)4/h5-8,11H,1-4H3,(H,17,18)(H2,15,16,19)/t11-/m1/s1. The molecule has 0 aromatic heterocycles. The zero-order valence-electron chi connectivity index (χ0n) is 11.7. The molecule has 0 unspecified atom stereocenters. The Morgan fingerprint density at radius 2 is 1.68 bits per heavy atom. The lowest BCUT2D eigenvalue weighted by Gasteiger charge is -2.19. The zero-order chi connectivity index (χ0) is 14.6. The first-order valence-corrected chi connectivity index (χ1v) is 6.19. The second kappa shape index (κ2) is 6.22. The SMILES string of the molecule is Cc1cccc(C)c1NC(=O)N[C@@H](C(=O)O)C(C)C. The summed E-state index contributed by atoms with van der Waals surface area (Å²) in [6.45, 7) is 7.27. The minimum atomic E-state index is -1.04. The highest BCUT2D eigenvalue weighted by atomic mass is 16.4. The molecule has 0 aliphatic carbocycles. The average molecular weight is 264 g/mol. The van der Waals surface area contributed by atoms with Crippen LogP contribution in [0, 0.1) is 19.8 Å². The smallest absolute Gasteiger partial charge is 0.326 e. The number of carboxylic acids is 1. The molecule has 1 aromatic carbocycles. The summed E-state index contributed by atoms with van der Waals surface area (Å²) >= 11 is 0. The van der Waals surface area contributed by atoms with E-state index < -0.39 is 18.0 Å².